The van der Waals surface area contributed by atoms with Crippen LogP contribution in [0.5, 0.6) is 0 Å². The molecule has 0 aliphatic heterocycles. The van der Waals surface area contributed by atoms with Crippen LogP contribution in [0.1, 0.15) is 0 Å². The van der Waals surface area contributed by atoms with E-state index in [4.69, 9.17) is 58.1 Å². The summed E-state index contributed by atoms with van der Waals surface area (Å²) in [6, 6.07) is 151. The number of benzene rings is 18. The van der Waals surface area contributed by atoms with Crippen molar-refractivity contribution >= 4 is 98.3 Å². The fourth-order valence-electron chi connectivity index (χ4n) is 18.8. The van der Waals surface area contributed by atoms with E-state index in [0.717, 1.165) is 198 Å². The van der Waals surface area contributed by atoms with E-state index in [1.165, 1.54) is 16.7 Å². The highest BCUT2D eigenvalue weighted by Gasteiger charge is 2.27. The predicted octanol–water partition coefficient (Wildman–Crippen LogP) is 32.0. The lowest BCUT2D eigenvalue weighted by molar-refractivity contribution is 0.670. The second-order valence-electron chi connectivity index (χ2n) is 34.5. The molecular formula is C126H78N12O3. The monoisotopic (exact) mass is 1810 g/mol. The summed E-state index contributed by atoms with van der Waals surface area (Å²) in [6.45, 7) is 0. The third-order valence-electron chi connectivity index (χ3n) is 25.8. The van der Waals surface area contributed by atoms with Gasteiger partial charge >= 0.3 is 0 Å². The first-order valence-corrected chi connectivity index (χ1v) is 46.6. The van der Waals surface area contributed by atoms with Crippen LogP contribution in [0.2, 0.25) is 0 Å². The van der Waals surface area contributed by atoms with Crippen molar-refractivity contribution in [1.29, 1.82) is 0 Å². The normalized spacial score (nSPS) is 11.4. The van der Waals surface area contributed by atoms with Crippen molar-refractivity contribution in [3.63, 3.8) is 0 Å². The lowest BCUT2D eigenvalue weighted by Crippen LogP contribution is -2.00. The van der Waals surface area contributed by atoms with Gasteiger partial charge in [-0.1, -0.05) is 352 Å². The predicted molar refractivity (Wildman–Crippen MR) is 569 cm³/mol. The number of furan rings is 3. The lowest BCUT2D eigenvalue weighted by atomic mass is 9.96. The Morgan fingerprint density at radius 2 is 0.390 bits per heavy atom. The number of aromatic nitrogens is 12. The van der Waals surface area contributed by atoms with Gasteiger partial charge in [0.1, 0.15) is 33.5 Å². The van der Waals surface area contributed by atoms with Crippen LogP contribution in [0.3, 0.4) is 0 Å². The average Bonchev–Trinajstić information content (AvgIpc) is 1.60. The molecule has 0 aliphatic rings. The number of fused-ring (bicyclic) bond motifs is 12. The fraction of sp³-hybridized carbons (Fsp3) is 0. The smallest absolute Gasteiger partial charge is 0.164 e. The Kier molecular flexibility index (Phi) is 21.6. The van der Waals surface area contributed by atoms with Gasteiger partial charge in [0.2, 0.25) is 0 Å². The zero-order valence-corrected chi connectivity index (χ0v) is 75.6. The SMILES string of the molecule is c1ccc(-c2ccc(-c3ccc(-c4nc(-c5ccccc5)nc(-c5ccccc5)n4)c4c3oc3cc5cccnc5cc34)cc2)cc1.c1ccc(-c2ccc(-c3ccc(-c4nc(-c5ccccc5)nc(-c5ccccc5)n4)c4c3oc3cc5ccncc5cc34)cc2)cc1.c1ccc(-c2ccc(-c3ccc(-c4nc(-c5ccccc5)nc(-c5ccccc5)n4)c4c3oc3cc5cnccc5cc34)cc2)cc1. The van der Waals surface area contributed by atoms with Gasteiger partial charge in [-0.3, -0.25) is 15.0 Å². The molecule has 0 atom stereocenters. The van der Waals surface area contributed by atoms with Gasteiger partial charge in [-0.25, -0.2) is 44.9 Å². The van der Waals surface area contributed by atoms with E-state index in [-0.39, 0.29) is 0 Å². The molecule has 0 saturated carbocycles. The standard InChI is InChI=1S/3C42H26N4O/c1-4-11-27(12-5-1)28-18-20-29(21-19-28)33-22-23-34(38-35-26-36-32(17-10-24-43-36)25-37(35)47-39(33)38)42-45-40(30-13-6-2-7-14-30)44-41(46-42)31-15-8-3-9-16-31;1-4-10-27(11-5-1)28-16-18-29(19-17-28)34-20-21-35(38-36-24-33-26-43-23-22-32(33)25-37(36)47-39(34)38)42-45-40(30-12-6-2-7-13-30)44-41(46-42)31-14-8-3-9-15-31;1-4-10-27(11-5-1)28-16-18-29(19-17-28)34-20-21-35(38-36-24-32-22-23-43-26-33(32)25-37(36)47-39(34)38)42-45-40(30-12-6-2-7-13-30)44-41(46-42)31-14-8-3-9-15-31/h3*1-26H. The molecule has 9 aromatic heterocycles. The summed E-state index contributed by atoms with van der Waals surface area (Å²) >= 11 is 0. The van der Waals surface area contributed by atoms with Crippen molar-refractivity contribution in [3.8, 4) is 169 Å². The molecule has 0 amide bonds. The summed E-state index contributed by atoms with van der Waals surface area (Å²) in [5.74, 6) is 5.45. The number of rotatable bonds is 15. The van der Waals surface area contributed by atoms with Gasteiger partial charge in [0, 0.05) is 146 Å². The Hall–Kier alpha value is -19.4. The van der Waals surface area contributed by atoms with Gasteiger partial charge in [-0.2, -0.15) is 0 Å². The minimum atomic E-state index is 0.581. The first-order valence-electron chi connectivity index (χ1n) is 46.6. The molecule has 660 valence electrons. The Morgan fingerprint density at radius 1 is 0.156 bits per heavy atom. The number of pyridine rings is 3. The van der Waals surface area contributed by atoms with Crippen molar-refractivity contribution in [3.05, 3.63) is 474 Å². The summed E-state index contributed by atoms with van der Waals surface area (Å²) in [5, 5.41) is 11.1. The Morgan fingerprint density at radius 3 is 0.702 bits per heavy atom. The summed E-state index contributed by atoms with van der Waals surface area (Å²) < 4.78 is 20.3. The van der Waals surface area contributed by atoms with Gasteiger partial charge < -0.3 is 13.3 Å². The summed E-state index contributed by atoms with van der Waals surface area (Å²) in [6.07, 6.45) is 9.21. The quantitative estimate of drug-likeness (QED) is 0.0940. The first-order chi connectivity index (χ1) is 69.8. The zero-order valence-electron chi connectivity index (χ0n) is 75.6. The van der Waals surface area contributed by atoms with Crippen molar-refractivity contribution in [2.24, 2.45) is 0 Å². The molecule has 0 bridgehead atoms. The molecule has 27 aromatic rings. The molecular weight excluding hydrogens is 1730 g/mol. The molecule has 9 heterocycles. The maximum absolute atomic E-state index is 6.76. The molecule has 141 heavy (non-hydrogen) atoms. The van der Waals surface area contributed by atoms with Crippen LogP contribution >= 0.6 is 0 Å². The summed E-state index contributed by atoms with van der Waals surface area (Å²) in [7, 11) is 0. The van der Waals surface area contributed by atoms with E-state index < -0.39 is 0 Å². The zero-order chi connectivity index (χ0) is 93.5. The molecule has 0 fully saturated rings. The Balaban J connectivity index is 0.000000111. The van der Waals surface area contributed by atoms with E-state index in [9.17, 15) is 0 Å². The maximum atomic E-state index is 6.76. The summed E-state index contributed by atoms with van der Waals surface area (Å²) in [4.78, 5) is 58.6. The molecule has 0 aliphatic carbocycles. The third-order valence-corrected chi connectivity index (χ3v) is 25.8. The number of hydrogen-bond acceptors (Lipinski definition) is 15. The van der Waals surface area contributed by atoms with Gasteiger partial charge in [-0.05, 0) is 152 Å². The van der Waals surface area contributed by atoms with E-state index in [0.29, 0.717) is 52.4 Å². The van der Waals surface area contributed by atoms with Crippen LogP contribution in [-0.4, -0.2) is 59.8 Å². The largest absolute Gasteiger partial charge is 0.455 e. The second-order valence-corrected chi connectivity index (χ2v) is 34.5. The van der Waals surface area contributed by atoms with Crippen LogP contribution in [0, 0.1) is 0 Å². The third kappa shape index (κ3) is 16.3. The summed E-state index contributed by atoms with van der Waals surface area (Å²) in [5.41, 5.74) is 27.0. The fourth-order valence-corrected chi connectivity index (χ4v) is 18.8. The molecule has 15 nitrogen and oxygen atoms in total. The molecule has 15 heteroatoms. The molecule has 0 N–H and O–H groups in total. The van der Waals surface area contributed by atoms with Gasteiger partial charge in [0.05, 0.1) is 5.52 Å². The van der Waals surface area contributed by atoms with Gasteiger partial charge in [0.15, 0.2) is 52.4 Å². The van der Waals surface area contributed by atoms with Crippen LogP contribution < -0.4 is 0 Å². The van der Waals surface area contributed by atoms with E-state index in [1.807, 2.05) is 249 Å². The number of hydrogen-bond donors (Lipinski definition) is 0. The molecule has 0 unspecified atom stereocenters. The van der Waals surface area contributed by atoms with E-state index >= 15 is 0 Å². The van der Waals surface area contributed by atoms with Crippen LogP contribution in [0.15, 0.2) is 487 Å². The van der Waals surface area contributed by atoms with Gasteiger partial charge in [0.25, 0.3) is 0 Å². The average molecular weight is 1810 g/mol. The van der Waals surface area contributed by atoms with Crippen molar-refractivity contribution in [2.45, 2.75) is 0 Å². The molecule has 0 spiro atoms. The highest BCUT2D eigenvalue weighted by molar-refractivity contribution is 6.21. The molecule has 18 aromatic carbocycles. The topological polar surface area (TPSA) is 194 Å². The number of nitrogens with zero attached hydrogens (tertiary/aromatic N) is 12. The van der Waals surface area contributed by atoms with E-state index in [1.54, 1.807) is 0 Å². The van der Waals surface area contributed by atoms with Crippen molar-refractivity contribution in [1.82, 2.24) is 59.8 Å². The van der Waals surface area contributed by atoms with Crippen LogP contribution in [-0.2, 0) is 0 Å². The molecule has 27 rings (SSSR count). The van der Waals surface area contributed by atoms with E-state index in [2.05, 4.69) is 239 Å². The van der Waals surface area contributed by atoms with Crippen molar-refractivity contribution in [2.75, 3.05) is 0 Å². The molecule has 0 saturated heterocycles. The lowest BCUT2D eigenvalue weighted by Gasteiger charge is -2.11. The van der Waals surface area contributed by atoms with Gasteiger partial charge in [-0.15, -0.1) is 0 Å². The highest BCUT2D eigenvalue weighted by Crippen LogP contribution is 2.48. The van der Waals surface area contributed by atoms with Crippen LogP contribution in [0.4, 0.5) is 0 Å². The Labute approximate surface area is 809 Å². The first kappa shape index (κ1) is 83.4. The second kappa shape index (κ2) is 36.4. The van der Waals surface area contributed by atoms with Crippen LogP contribution in [0.25, 0.3) is 268 Å². The maximum Gasteiger partial charge on any atom is 0.164 e. The minimum Gasteiger partial charge on any atom is -0.455 e. The van der Waals surface area contributed by atoms with Crippen molar-refractivity contribution < 1.29 is 13.3 Å². The Bertz CT molecular complexity index is 8320. The molecule has 0 radical (unpaired) electrons. The minimum absolute atomic E-state index is 0.581. The highest BCUT2D eigenvalue weighted by atomic mass is 16.3.